The Kier molecular flexibility index (Phi) is 8.36. The van der Waals surface area contributed by atoms with E-state index in [1.54, 1.807) is 6.92 Å². The Bertz CT molecular complexity index is 132. The van der Waals surface area contributed by atoms with Crippen LogP contribution in [0.15, 0.2) is 4.99 Å². The molecular formula is C8H17LuNO. The average molecular weight is 318 g/mol. The predicted molar refractivity (Wildman–Crippen MR) is 44.6 cm³/mol. The molecule has 1 atom stereocenters. The number of aliphatic hydroxyl groups is 1. The third kappa shape index (κ3) is 5.16. The Morgan fingerprint density at radius 3 is 2.18 bits per heavy atom. The molecule has 0 fully saturated rings. The van der Waals surface area contributed by atoms with Gasteiger partial charge in [-0.1, -0.05) is 6.92 Å². The number of rotatable bonds is 3. The fourth-order valence-electron chi connectivity index (χ4n) is 0.663. The molecule has 3 heteroatoms. The summed E-state index contributed by atoms with van der Waals surface area (Å²) in [6.45, 7) is 8.33. The molecule has 0 aliphatic heterocycles. The molecule has 0 aromatic rings. The number of aliphatic imine (C=N–C) groups is 1. The van der Waals surface area contributed by atoms with Crippen LogP contribution in [-0.4, -0.2) is 23.0 Å². The van der Waals surface area contributed by atoms with Crippen LogP contribution in [0.25, 0.3) is 0 Å². The van der Waals surface area contributed by atoms with Crippen LogP contribution in [0, 0.1) is 36.9 Å². The third-order valence-electron chi connectivity index (χ3n) is 1.86. The van der Waals surface area contributed by atoms with Gasteiger partial charge in [0.15, 0.2) is 0 Å². The van der Waals surface area contributed by atoms with Gasteiger partial charge in [-0.2, -0.15) is 0 Å². The molecule has 75 valence electrons. The van der Waals surface area contributed by atoms with E-state index in [-0.39, 0.29) is 36.9 Å². The van der Waals surface area contributed by atoms with Crippen molar-refractivity contribution in [2.45, 2.75) is 39.7 Å². The minimum atomic E-state index is -0.698. The second-order valence-electron chi connectivity index (χ2n) is 2.69. The van der Waals surface area contributed by atoms with Gasteiger partial charge in [0.1, 0.15) is 0 Å². The van der Waals surface area contributed by atoms with Crippen LogP contribution in [0.2, 0.25) is 0 Å². The Morgan fingerprint density at radius 1 is 1.45 bits per heavy atom. The van der Waals surface area contributed by atoms with Crippen molar-refractivity contribution in [1.29, 1.82) is 0 Å². The number of hydrogen-bond donors (Lipinski definition) is 1. The molecule has 0 saturated carbocycles. The molecule has 0 spiro atoms. The van der Waals surface area contributed by atoms with Crippen molar-refractivity contribution >= 4 is 5.71 Å². The Balaban J connectivity index is 0. The van der Waals surface area contributed by atoms with Crippen LogP contribution < -0.4 is 0 Å². The topological polar surface area (TPSA) is 32.6 Å². The Morgan fingerprint density at radius 2 is 1.91 bits per heavy atom. The van der Waals surface area contributed by atoms with Crippen molar-refractivity contribution in [2.24, 2.45) is 4.99 Å². The van der Waals surface area contributed by atoms with Gasteiger partial charge in [0.2, 0.25) is 0 Å². The van der Waals surface area contributed by atoms with Gasteiger partial charge in [0, 0.05) is 49.1 Å². The molecule has 0 heterocycles. The van der Waals surface area contributed by atoms with Gasteiger partial charge >= 0.3 is 0 Å². The molecule has 0 aliphatic rings. The summed E-state index contributed by atoms with van der Waals surface area (Å²) in [7, 11) is 0. The van der Waals surface area contributed by atoms with Crippen LogP contribution in [0.1, 0.15) is 34.1 Å². The average Bonchev–Trinajstić information content (AvgIpc) is 1.89. The maximum atomic E-state index is 9.59. The van der Waals surface area contributed by atoms with Gasteiger partial charge in [0.25, 0.3) is 0 Å². The van der Waals surface area contributed by atoms with E-state index in [4.69, 9.17) is 0 Å². The minimum absolute atomic E-state index is 0. The summed E-state index contributed by atoms with van der Waals surface area (Å²) in [5.74, 6) is 0. The molecule has 0 bridgehead atoms. The van der Waals surface area contributed by atoms with E-state index in [1.165, 1.54) is 0 Å². The van der Waals surface area contributed by atoms with Crippen LogP contribution in [-0.2, 0) is 0 Å². The molecule has 11 heavy (non-hydrogen) atoms. The van der Waals surface area contributed by atoms with Crippen LogP contribution in [0.5, 0.6) is 0 Å². The summed E-state index contributed by atoms with van der Waals surface area (Å²) < 4.78 is 0. The van der Waals surface area contributed by atoms with Gasteiger partial charge in [0.05, 0.1) is 5.60 Å². The maximum Gasteiger partial charge on any atom is 0.0988 e. The normalized spacial score (nSPS) is 17.0. The number of nitrogens with zero attached hydrogens (tertiary/aromatic N) is 1. The summed E-state index contributed by atoms with van der Waals surface area (Å²) in [6, 6.07) is 0. The largest absolute Gasteiger partial charge is 0.384 e. The van der Waals surface area contributed by atoms with E-state index in [0.29, 0.717) is 0 Å². The van der Waals surface area contributed by atoms with Crippen molar-refractivity contribution in [2.75, 3.05) is 6.54 Å². The summed E-state index contributed by atoms with van der Waals surface area (Å²) in [5, 5.41) is 9.59. The van der Waals surface area contributed by atoms with Crippen LogP contribution in [0.3, 0.4) is 0 Å². The smallest absolute Gasteiger partial charge is 0.0988 e. The first-order chi connectivity index (χ1) is 4.54. The van der Waals surface area contributed by atoms with Gasteiger partial charge in [-0.05, 0) is 27.2 Å². The number of hydrogen-bond acceptors (Lipinski definition) is 2. The van der Waals surface area contributed by atoms with E-state index in [1.807, 2.05) is 20.8 Å². The first kappa shape index (κ1) is 14.4. The SMILES string of the molecule is CCN=C(C)C(C)(O)CC.[Lu]. The maximum absolute atomic E-state index is 9.59. The van der Waals surface area contributed by atoms with E-state index in [9.17, 15) is 5.11 Å². The van der Waals surface area contributed by atoms with Gasteiger partial charge in [-0.15, -0.1) is 0 Å². The third-order valence-corrected chi connectivity index (χ3v) is 1.86. The molecule has 1 N–H and O–H groups in total. The van der Waals surface area contributed by atoms with Crippen molar-refractivity contribution in [3.8, 4) is 0 Å². The molecule has 2 nitrogen and oxygen atoms in total. The van der Waals surface area contributed by atoms with Crippen molar-refractivity contribution < 1.29 is 42.0 Å². The molecule has 1 radical (unpaired) electrons. The Labute approximate surface area is 98.3 Å². The molecule has 1 unspecified atom stereocenters. The quantitative estimate of drug-likeness (QED) is 0.788. The summed E-state index contributed by atoms with van der Waals surface area (Å²) >= 11 is 0. The fraction of sp³-hybridized carbons (Fsp3) is 0.875. The van der Waals surface area contributed by atoms with Gasteiger partial charge in [-0.3, -0.25) is 4.99 Å². The Hall–Kier alpha value is 0.864. The fourth-order valence-corrected chi connectivity index (χ4v) is 0.663. The van der Waals surface area contributed by atoms with Gasteiger partial charge in [-0.25, -0.2) is 0 Å². The first-order valence-corrected chi connectivity index (χ1v) is 3.78. The second-order valence-corrected chi connectivity index (χ2v) is 2.69. The molecule has 0 aromatic heterocycles. The van der Waals surface area contributed by atoms with E-state index >= 15 is 0 Å². The first-order valence-electron chi connectivity index (χ1n) is 3.78. The summed E-state index contributed by atoms with van der Waals surface area (Å²) in [4.78, 5) is 4.13. The molecule has 0 aliphatic carbocycles. The van der Waals surface area contributed by atoms with E-state index in [0.717, 1.165) is 18.7 Å². The molecule has 0 saturated heterocycles. The molecule has 0 rings (SSSR count). The summed E-state index contributed by atoms with van der Waals surface area (Å²) in [6.07, 6.45) is 0.725. The van der Waals surface area contributed by atoms with Crippen LogP contribution >= 0.6 is 0 Å². The molecule has 0 aromatic carbocycles. The van der Waals surface area contributed by atoms with E-state index in [2.05, 4.69) is 4.99 Å². The van der Waals surface area contributed by atoms with Crippen molar-refractivity contribution in [3.05, 3.63) is 0 Å². The predicted octanol–water partition coefficient (Wildman–Crippen LogP) is 1.63. The van der Waals surface area contributed by atoms with E-state index < -0.39 is 5.60 Å². The minimum Gasteiger partial charge on any atom is -0.384 e. The van der Waals surface area contributed by atoms with Crippen LogP contribution in [0.4, 0.5) is 0 Å². The molecular weight excluding hydrogens is 301 g/mol. The zero-order chi connectivity index (χ0) is 8.20. The molecule has 0 amide bonds. The van der Waals surface area contributed by atoms with Gasteiger partial charge < -0.3 is 5.11 Å². The second kappa shape index (κ2) is 6.39. The zero-order valence-corrected chi connectivity index (χ0v) is 9.22. The van der Waals surface area contributed by atoms with Crippen molar-refractivity contribution in [1.82, 2.24) is 0 Å². The zero-order valence-electron chi connectivity index (χ0n) is 7.57. The van der Waals surface area contributed by atoms with Crippen molar-refractivity contribution in [3.63, 3.8) is 0 Å². The summed E-state index contributed by atoms with van der Waals surface area (Å²) in [5.41, 5.74) is 0.133. The standard InChI is InChI=1S/C8H17NO.Lu/c1-5-8(4,10)7(3)9-6-2;/h10H,5-6H2,1-4H3;. The monoisotopic (exact) mass is 318 g/mol.